The zero-order chi connectivity index (χ0) is 17.8. The van der Waals surface area contributed by atoms with Crippen molar-refractivity contribution in [2.45, 2.75) is 6.54 Å². The van der Waals surface area contributed by atoms with Crippen LogP contribution in [0, 0.1) is 12.3 Å². The Kier molecular flexibility index (Phi) is 5.40. The Balaban J connectivity index is 2.05. The van der Waals surface area contributed by atoms with Crippen LogP contribution in [-0.4, -0.2) is 10.5 Å². The van der Waals surface area contributed by atoms with Crippen LogP contribution in [0.2, 0.25) is 10.0 Å². The predicted octanol–water partition coefficient (Wildman–Crippen LogP) is 4.78. The molecule has 3 rings (SSSR count). The average Bonchev–Trinajstić information content (AvgIpc) is 2.96. The van der Waals surface area contributed by atoms with Crippen molar-refractivity contribution in [3.63, 3.8) is 0 Å². The third kappa shape index (κ3) is 3.85. The van der Waals surface area contributed by atoms with Crippen molar-refractivity contribution < 1.29 is 4.79 Å². The van der Waals surface area contributed by atoms with E-state index in [1.165, 1.54) is 17.4 Å². The van der Waals surface area contributed by atoms with Gasteiger partial charge in [-0.2, -0.15) is 4.99 Å². The van der Waals surface area contributed by atoms with Crippen molar-refractivity contribution in [1.29, 1.82) is 0 Å². The molecule has 25 heavy (non-hydrogen) atoms. The van der Waals surface area contributed by atoms with Crippen molar-refractivity contribution in [3.8, 4) is 12.3 Å². The molecule has 3 nitrogen and oxygen atoms in total. The molecule has 2 aromatic carbocycles. The summed E-state index contributed by atoms with van der Waals surface area (Å²) >= 11 is 13.7. The SMILES string of the molecule is C#CCn1c(=NC(=O)/C=C/c2ccccc2)sc2ccc(Cl)c(Cl)c21. The maximum absolute atomic E-state index is 12.2. The Morgan fingerprint density at radius 2 is 2.00 bits per heavy atom. The summed E-state index contributed by atoms with van der Waals surface area (Å²) in [4.78, 5) is 16.8. The number of amides is 1. The van der Waals surface area contributed by atoms with E-state index >= 15 is 0 Å². The summed E-state index contributed by atoms with van der Waals surface area (Å²) in [7, 11) is 0. The Bertz CT molecular complexity index is 1070. The van der Waals surface area contributed by atoms with Gasteiger partial charge in [0.2, 0.25) is 0 Å². The highest BCUT2D eigenvalue weighted by Gasteiger charge is 2.12. The van der Waals surface area contributed by atoms with Crippen molar-refractivity contribution in [2.24, 2.45) is 4.99 Å². The number of benzene rings is 2. The van der Waals surface area contributed by atoms with Crippen LogP contribution < -0.4 is 4.80 Å². The van der Waals surface area contributed by atoms with Crippen LogP contribution in [0.25, 0.3) is 16.3 Å². The second-order valence-corrected chi connectivity index (χ2v) is 6.87. The van der Waals surface area contributed by atoms with Crippen LogP contribution >= 0.6 is 34.5 Å². The van der Waals surface area contributed by atoms with Gasteiger partial charge in [-0.1, -0.05) is 70.8 Å². The van der Waals surface area contributed by atoms with E-state index in [1.807, 2.05) is 36.4 Å². The van der Waals surface area contributed by atoms with Crippen LogP contribution in [-0.2, 0) is 11.3 Å². The molecule has 0 bridgehead atoms. The second-order valence-electron chi connectivity index (χ2n) is 5.08. The summed E-state index contributed by atoms with van der Waals surface area (Å²) in [5.41, 5.74) is 1.62. The van der Waals surface area contributed by atoms with E-state index in [9.17, 15) is 4.79 Å². The van der Waals surface area contributed by atoms with Crippen LogP contribution in [0.1, 0.15) is 5.56 Å². The summed E-state index contributed by atoms with van der Waals surface area (Å²) in [5.74, 6) is 2.19. The minimum Gasteiger partial charge on any atom is -0.303 e. The number of halogens is 2. The number of rotatable bonds is 3. The lowest BCUT2D eigenvalue weighted by Crippen LogP contribution is -2.16. The number of terminal acetylenes is 1. The molecule has 0 atom stereocenters. The van der Waals surface area contributed by atoms with Gasteiger partial charge in [-0.25, -0.2) is 0 Å². The van der Waals surface area contributed by atoms with Gasteiger partial charge in [0.05, 0.1) is 26.8 Å². The standard InChI is InChI=1S/C19H12Cl2N2OS/c1-2-12-23-18-15(10-9-14(20)17(18)21)25-19(23)22-16(24)11-8-13-6-4-3-5-7-13/h1,3-11H,12H2/b11-8+,22-19?. The Labute approximate surface area is 158 Å². The predicted molar refractivity (Wildman–Crippen MR) is 105 cm³/mol. The molecule has 1 aromatic heterocycles. The Hall–Kier alpha value is -2.32. The molecule has 3 aromatic rings. The topological polar surface area (TPSA) is 34.4 Å². The lowest BCUT2D eigenvalue weighted by Gasteiger charge is -2.02. The van der Waals surface area contributed by atoms with Crippen LogP contribution in [0.4, 0.5) is 0 Å². The summed E-state index contributed by atoms with van der Waals surface area (Å²) < 4.78 is 2.59. The van der Waals surface area contributed by atoms with Gasteiger partial charge in [-0.05, 0) is 23.8 Å². The quantitative estimate of drug-likeness (QED) is 0.470. The second kappa shape index (κ2) is 7.71. The summed E-state index contributed by atoms with van der Waals surface area (Å²) in [5, 5.41) is 0.832. The fourth-order valence-corrected chi connectivity index (χ4v) is 3.81. The molecule has 0 spiro atoms. The molecular formula is C19H12Cl2N2OS. The summed E-state index contributed by atoms with van der Waals surface area (Å²) in [6.07, 6.45) is 8.59. The minimum absolute atomic E-state index is 0.245. The van der Waals surface area contributed by atoms with E-state index in [4.69, 9.17) is 29.6 Å². The molecule has 0 aliphatic rings. The lowest BCUT2D eigenvalue weighted by atomic mass is 10.2. The Morgan fingerprint density at radius 3 is 2.72 bits per heavy atom. The van der Waals surface area contributed by atoms with Gasteiger partial charge in [-0.15, -0.1) is 6.42 Å². The third-order valence-electron chi connectivity index (χ3n) is 3.41. The highest BCUT2D eigenvalue weighted by molar-refractivity contribution is 7.16. The summed E-state index contributed by atoms with van der Waals surface area (Å²) in [6, 6.07) is 13.1. The fourth-order valence-electron chi connectivity index (χ4n) is 2.29. The van der Waals surface area contributed by atoms with Gasteiger partial charge in [-0.3, -0.25) is 4.79 Å². The van der Waals surface area contributed by atoms with Crippen LogP contribution in [0.3, 0.4) is 0 Å². The molecule has 0 unspecified atom stereocenters. The van der Waals surface area contributed by atoms with Crippen molar-refractivity contribution in [1.82, 2.24) is 4.57 Å². The molecule has 1 amide bonds. The van der Waals surface area contributed by atoms with E-state index in [-0.39, 0.29) is 12.5 Å². The number of hydrogen-bond donors (Lipinski definition) is 0. The average molecular weight is 387 g/mol. The van der Waals surface area contributed by atoms with Crippen molar-refractivity contribution >= 4 is 56.7 Å². The largest absolute Gasteiger partial charge is 0.303 e. The molecule has 0 saturated carbocycles. The zero-order valence-corrected chi connectivity index (χ0v) is 15.3. The first-order valence-electron chi connectivity index (χ1n) is 7.33. The number of fused-ring (bicyclic) bond motifs is 1. The van der Waals surface area contributed by atoms with Crippen LogP contribution in [0.15, 0.2) is 53.5 Å². The summed E-state index contributed by atoms with van der Waals surface area (Å²) in [6.45, 7) is 0.245. The molecular weight excluding hydrogens is 375 g/mol. The Morgan fingerprint density at radius 1 is 1.24 bits per heavy atom. The van der Waals surface area contributed by atoms with E-state index in [1.54, 1.807) is 16.7 Å². The van der Waals surface area contributed by atoms with E-state index in [2.05, 4.69) is 10.9 Å². The monoisotopic (exact) mass is 386 g/mol. The first-order chi connectivity index (χ1) is 12.1. The maximum Gasteiger partial charge on any atom is 0.272 e. The molecule has 0 aliphatic heterocycles. The fraction of sp³-hybridized carbons (Fsp3) is 0.0526. The van der Waals surface area contributed by atoms with Gasteiger partial charge in [0.15, 0.2) is 4.80 Å². The molecule has 124 valence electrons. The number of hydrogen-bond acceptors (Lipinski definition) is 2. The highest BCUT2D eigenvalue weighted by atomic mass is 35.5. The molecule has 1 heterocycles. The van der Waals surface area contributed by atoms with Gasteiger partial charge in [0, 0.05) is 6.08 Å². The van der Waals surface area contributed by atoms with Crippen molar-refractivity contribution in [3.05, 3.63) is 69.0 Å². The van der Waals surface area contributed by atoms with Gasteiger partial charge in [0.25, 0.3) is 5.91 Å². The normalized spacial score (nSPS) is 12.0. The smallest absolute Gasteiger partial charge is 0.272 e. The number of aromatic nitrogens is 1. The van der Waals surface area contributed by atoms with E-state index in [0.29, 0.717) is 20.4 Å². The molecule has 0 N–H and O–H groups in total. The molecule has 0 aliphatic carbocycles. The number of nitrogens with zero attached hydrogens (tertiary/aromatic N) is 2. The van der Waals surface area contributed by atoms with Gasteiger partial charge in [0.1, 0.15) is 0 Å². The lowest BCUT2D eigenvalue weighted by molar-refractivity contribution is -0.113. The van der Waals surface area contributed by atoms with Gasteiger partial charge < -0.3 is 4.57 Å². The zero-order valence-electron chi connectivity index (χ0n) is 12.9. The third-order valence-corrected chi connectivity index (χ3v) is 5.25. The van der Waals surface area contributed by atoms with E-state index in [0.717, 1.165) is 10.3 Å². The van der Waals surface area contributed by atoms with Crippen LogP contribution in [0.5, 0.6) is 0 Å². The molecule has 0 radical (unpaired) electrons. The van der Waals surface area contributed by atoms with E-state index < -0.39 is 0 Å². The number of carbonyl (C=O) groups is 1. The highest BCUT2D eigenvalue weighted by Crippen LogP contribution is 2.31. The minimum atomic E-state index is -0.372. The first kappa shape index (κ1) is 17.5. The maximum atomic E-state index is 12.2. The number of thiazole rings is 1. The first-order valence-corrected chi connectivity index (χ1v) is 8.90. The molecule has 6 heteroatoms. The number of carbonyl (C=O) groups excluding carboxylic acids is 1. The van der Waals surface area contributed by atoms with Crippen molar-refractivity contribution in [2.75, 3.05) is 0 Å². The molecule has 0 saturated heterocycles. The molecule has 0 fully saturated rings. The van der Waals surface area contributed by atoms with Gasteiger partial charge >= 0.3 is 0 Å².